The molecule has 0 radical (unpaired) electrons. The standard InChI is InChI=1S/C18H30N4O/c1-4-16-9-6-8-13-22(16)14-12-20-18(23)21(3)15(2)17-10-5-7-11-19-17/h5,7,10-11,15-16H,4,6,8-9,12-14H2,1-3H3,(H,20,23)/t15-,16-/m0/s1. The Labute approximate surface area is 140 Å². The Bertz CT molecular complexity index is 479. The lowest BCUT2D eigenvalue weighted by molar-refractivity contribution is 0.142. The number of carbonyl (C=O) groups is 1. The minimum Gasteiger partial charge on any atom is -0.337 e. The lowest BCUT2D eigenvalue weighted by atomic mass is 10.0. The fourth-order valence-corrected chi connectivity index (χ4v) is 3.25. The first-order valence-corrected chi connectivity index (χ1v) is 8.79. The summed E-state index contributed by atoms with van der Waals surface area (Å²) in [6, 6.07) is 6.41. The molecule has 1 N–H and O–H groups in total. The maximum absolute atomic E-state index is 12.3. The van der Waals surface area contributed by atoms with Crippen LogP contribution in [0.3, 0.4) is 0 Å². The van der Waals surface area contributed by atoms with E-state index in [9.17, 15) is 4.79 Å². The maximum Gasteiger partial charge on any atom is 0.317 e. The number of hydrogen-bond acceptors (Lipinski definition) is 3. The monoisotopic (exact) mass is 318 g/mol. The van der Waals surface area contributed by atoms with E-state index in [0.29, 0.717) is 12.6 Å². The zero-order valence-corrected chi connectivity index (χ0v) is 14.7. The molecule has 1 aromatic heterocycles. The van der Waals surface area contributed by atoms with Crippen LogP contribution in [0.2, 0.25) is 0 Å². The maximum atomic E-state index is 12.3. The molecule has 0 unspecified atom stereocenters. The molecule has 2 amide bonds. The highest BCUT2D eigenvalue weighted by atomic mass is 16.2. The van der Waals surface area contributed by atoms with Gasteiger partial charge >= 0.3 is 6.03 Å². The third-order valence-electron chi connectivity index (χ3n) is 4.91. The molecule has 1 aliphatic heterocycles. The van der Waals surface area contributed by atoms with Gasteiger partial charge in [-0.25, -0.2) is 4.79 Å². The molecular formula is C18H30N4O. The zero-order chi connectivity index (χ0) is 16.7. The van der Waals surface area contributed by atoms with Crippen LogP contribution in [0, 0.1) is 0 Å². The zero-order valence-electron chi connectivity index (χ0n) is 14.7. The summed E-state index contributed by atoms with van der Waals surface area (Å²) in [6.45, 7) is 7.06. The van der Waals surface area contributed by atoms with Crippen LogP contribution in [-0.4, -0.2) is 53.5 Å². The number of nitrogens with zero attached hydrogens (tertiary/aromatic N) is 3. The molecule has 2 atom stereocenters. The number of urea groups is 1. The highest BCUT2D eigenvalue weighted by Crippen LogP contribution is 2.19. The average Bonchev–Trinajstić information content (AvgIpc) is 2.61. The molecule has 2 heterocycles. The first-order chi connectivity index (χ1) is 11.1. The summed E-state index contributed by atoms with van der Waals surface area (Å²) < 4.78 is 0. The molecule has 5 heteroatoms. The first-order valence-electron chi connectivity index (χ1n) is 8.79. The van der Waals surface area contributed by atoms with E-state index in [0.717, 1.165) is 18.8 Å². The highest BCUT2D eigenvalue weighted by molar-refractivity contribution is 5.74. The van der Waals surface area contributed by atoms with Gasteiger partial charge < -0.3 is 10.2 Å². The van der Waals surface area contributed by atoms with Crippen LogP contribution in [0.1, 0.15) is 51.3 Å². The van der Waals surface area contributed by atoms with Gasteiger partial charge in [0.15, 0.2) is 0 Å². The van der Waals surface area contributed by atoms with Gasteiger partial charge in [-0.2, -0.15) is 0 Å². The molecule has 2 rings (SSSR count). The van der Waals surface area contributed by atoms with E-state index in [2.05, 4.69) is 22.1 Å². The largest absolute Gasteiger partial charge is 0.337 e. The molecule has 0 bridgehead atoms. The van der Waals surface area contributed by atoms with Crippen LogP contribution < -0.4 is 5.32 Å². The molecule has 0 aromatic carbocycles. The second-order valence-corrected chi connectivity index (χ2v) is 6.37. The van der Waals surface area contributed by atoms with Crippen molar-refractivity contribution in [1.82, 2.24) is 20.1 Å². The molecule has 5 nitrogen and oxygen atoms in total. The third kappa shape index (κ3) is 4.93. The van der Waals surface area contributed by atoms with E-state index in [4.69, 9.17) is 0 Å². The van der Waals surface area contributed by atoms with Crippen molar-refractivity contribution in [2.24, 2.45) is 0 Å². The van der Waals surface area contributed by atoms with Crippen LogP contribution in [0.4, 0.5) is 4.79 Å². The Hall–Kier alpha value is -1.62. The van der Waals surface area contributed by atoms with Gasteiger partial charge in [0.05, 0.1) is 11.7 Å². The molecule has 1 saturated heterocycles. The van der Waals surface area contributed by atoms with E-state index < -0.39 is 0 Å². The second-order valence-electron chi connectivity index (χ2n) is 6.37. The number of amides is 2. The van der Waals surface area contributed by atoms with Crippen LogP contribution in [0.5, 0.6) is 0 Å². The lowest BCUT2D eigenvalue weighted by Crippen LogP contribution is -2.46. The molecule has 23 heavy (non-hydrogen) atoms. The Morgan fingerprint density at radius 2 is 2.30 bits per heavy atom. The molecule has 0 saturated carbocycles. The van der Waals surface area contributed by atoms with Gasteiger partial charge in [0.25, 0.3) is 0 Å². The van der Waals surface area contributed by atoms with Crippen molar-refractivity contribution in [2.45, 2.75) is 51.6 Å². The molecule has 128 valence electrons. The number of nitrogens with one attached hydrogen (secondary N) is 1. The minimum absolute atomic E-state index is 0.0328. The number of carbonyl (C=O) groups excluding carboxylic acids is 1. The van der Waals surface area contributed by atoms with E-state index in [1.807, 2.05) is 32.2 Å². The second kappa shape index (κ2) is 8.87. The summed E-state index contributed by atoms with van der Waals surface area (Å²) in [5.41, 5.74) is 0.909. The molecule has 1 aliphatic rings. The van der Waals surface area contributed by atoms with Gasteiger partial charge in [0, 0.05) is 32.4 Å². The number of hydrogen-bond donors (Lipinski definition) is 1. The molecule has 0 aliphatic carbocycles. The van der Waals surface area contributed by atoms with Crippen molar-refractivity contribution in [3.63, 3.8) is 0 Å². The van der Waals surface area contributed by atoms with E-state index >= 15 is 0 Å². The van der Waals surface area contributed by atoms with Crippen molar-refractivity contribution in [1.29, 1.82) is 0 Å². The van der Waals surface area contributed by atoms with Gasteiger partial charge in [0.1, 0.15) is 0 Å². The van der Waals surface area contributed by atoms with Crippen molar-refractivity contribution in [3.05, 3.63) is 30.1 Å². The van der Waals surface area contributed by atoms with Gasteiger partial charge in [-0.05, 0) is 44.9 Å². The lowest BCUT2D eigenvalue weighted by Gasteiger charge is -2.35. The number of pyridine rings is 1. The minimum atomic E-state index is -0.0341. The Balaban J connectivity index is 1.77. The van der Waals surface area contributed by atoms with Gasteiger partial charge in [-0.15, -0.1) is 0 Å². The van der Waals surface area contributed by atoms with E-state index in [-0.39, 0.29) is 12.1 Å². The van der Waals surface area contributed by atoms with E-state index in [1.165, 1.54) is 25.7 Å². The van der Waals surface area contributed by atoms with Crippen LogP contribution >= 0.6 is 0 Å². The van der Waals surface area contributed by atoms with Crippen molar-refractivity contribution in [2.75, 3.05) is 26.7 Å². The van der Waals surface area contributed by atoms with Gasteiger partial charge in [0.2, 0.25) is 0 Å². The topological polar surface area (TPSA) is 48.5 Å². The van der Waals surface area contributed by atoms with Crippen LogP contribution in [0.25, 0.3) is 0 Å². The molecule has 1 aromatic rings. The number of likely N-dealkylation sites (tertiary alicyclic amines) is 1. The van der Waals surface area contributed by atoms with Crippen molar-refractivity contribution >= 4 is 6.03 Å². The summed E-state index contributed by atoms with van der Waals surface area (Å²) in [7, 11) is 1.82. The predicted octanol–water partition coefficient (Wildman–Crippen LogP) is 3.05. The quantitative estimate of drug-likeness (QED) is 0.877. The summed E-state index contributed by atoms with van der Waals surface area (Å²) >= 11 is 0. The molecular weight excluding hydrogens is 288 g/mol. The van der Waals surface area contributed by atoms with Crippen molar-refractivity contribution < 1.29 is 4.79 Å². The van der Waals surface area contributed by atoms with Crippen LogP contribution in [0.15, 0.2) is 24.4 Å². The fourth-order valence-electron chi connectivity index (χ4n) is 3.25. The summed E-state index contributed by atoms with van der Waals surface area (Å²) in [5, 5.41) is 3.04. The predicted molar refractivity (Wildman–Crippen MR) is 93.3 cm³/mol. The number of aromatic nitrogens is 1. The average molecular weight is 318 g/mol. The van der Waals surface area contributed by atoms with Gasteiger partial charge in [-0.1, -0.05) is 19.4 Å². The number of piperidine rings is 1. The highest BCUT2D eigenvalue weighted by Gasteiger charge is 2.21. The van der Waals surface area contributed by atoms with Gasteiger partial charge in [-0.3, -0.25) is 9.88 Å². The Morgan fingerprint density at radius 3 is 3.00 bits per heavy atom. The summed E-state index contributed by atoms with van der Waals surface area (Å²) in [4.78, 5) is 20.9. The van der Waals surface area contributed by atoms with E-state index in [1.54, 1.807) is 11.1 Å². The van der Waals surface area contributed by atoms with Crippen molar-refractivity contribution in [3.8, 4) is 0 Å². The SMILES string of the molecule is CC[C@H]1CCCCN1CCNC(=O)N(C)[C@@H](C)c1ccccn1. The normalized spacial score (nSPS) is 20.0. The Kier molecular flexibility index (Phi) is 6.84. The summed E-state index contributed by atoms with van der Waals surface area (Å²) in [6.07, 6.45) is 6.87. The molecule has 0 spiro atoms. The smallest absolute Gasteiger partial charge is 0.317 e. The Morgan fingerprint density at radius 1 is 1.48 bits per heavy atom. The number of rotatable bonds is 6. The molecule has 1 fully saturated rings. The fraction of sp³-hybridized carbons (Fsp3) is 0.667. The first kappa shape index (κ1) is 17.7. The summed E-state index contributed by atoms with van der Waals surface area (Å²) in [5.74, 6) is 0. The van der Waals surface area contributed by atoms with Crippen LogP contribution in [-0.2, 0) is 0 Å². The third-order valence-corrected chi connectivity index (χ3v) is 4.91.